The molecule has 0 radical (unpaired) electrons. The van der Waals surface area contributed by atoms with Crippen molar-refractivity contribution in [3.8, 4) is 0 Å². The highest BCUT2D eigenvalue weighted by atomic mass is 16.4. The van der Waals surface area contributed by atoms with Crippen molar-refractivity contribution >= 4 is 5.97 Å². The van der Waals surface area contributed by atoms with Crippen LogP contribution in [0.3, 0.4) is 0 Å². The molecule has 1 aliphatic rings. The molecule has 1 fully saturated rings. The summed E-state index contributed by atoms with van der Waals surface area (Å²) in [5.74, 6) is 0.814. The Morgan fingerprint density at radius 2 is 2.00 bits per heavy atom. The first-order chi connectivity index (χ1) is 8.61. The summed E-state index contributed by atoms with van der Waals surface area (Å²) < 4.78 is 0. The Morgan fingerprint density at radius 3 is 2.56 bits per heavy atom. The molecule has 18 heavy (non-hydrogen) atoms. The van der Waals surface area contributed by atoms with E-state index in [9.17, 15) is 4.79 Å². The van der Waals surface area contributed by atoms with Gasteiger partial charge in [0.1, 0.15) is 0 Å². The van der Waals surface area contributed by atoms with E-state index in [1.54, 1.807) is 0 Å². The summed E-state index contributed by atoms with van der Waals surface area (Å²) in [5.41, 5.74) is 0. The predicted octanol–water partition coefficient (Wildman–Crippen LogP) is 3.39. The maximum atomic E-state index is 10.8. The van der Waals surface area contributed by atoms with Crippen molar-refractivity contribution < 1.29 is 9.90 Å². The summed E-state index contributed by atoms with van der Waals surface area (Å²) in [6.07, 6.45) is 9.28. The Morgan fingerprint density at radius 1 is 1.33 bits per heavy atom. The number of rotatable bonds is 8. The summed E-state index contributed by atoms with van der Waals surface area (Å²) in [7, 11) is 0. The first-order valence-electron chi connectivity index (χ1n) is 7.56. The monoisotopic (exact) mass is 255 g/mol. The Hall–Kier alpha value is -0.570. The van der Waals surface area contributed by atoms with Crippen LogP contribution in [0.5, 0.6) is 0 Å². The van der Waals surface area contributed by atoms with Gasteiger partial charge >= 0.3 is 5.97 Å². The molecule has 0 aliphatic heterocycles. The van der Waals surface area contributed by atoms with Crippen LogP contribution in [0.2, 0.25) is 0 Å². The van der Waals surface area contributed by atoms with E-state index in [4.69, 9.17) is 5.11 Å². The largest absolute Gasteiger partial charge is 0.480 e. The molecule has 3 heteroatoms. The molecule has 0 bridgehead atoms. The van der Waals surface area contributed by atoms with Crippen LogP contribution in [-0.2, 0) is 4.79 Å². The van der Waals surface area contributed by atoms with E-state index < -0.39 is 5.97 Å². The summed E-state index contributed by atoms with van der Waals surface area (Å²) in [6, 6.07) is 0. The van der Waals surface area contributed by atoms with E-state index in [-0.39, 0.29) is 6.54 Å². The third-order valence-corrected chi connectivity index (χ3v) is 3.93. The number of carboxylic acids is 1. The highest BCUT2D eigenvalue weighted by molar-refractivity contribution is 5.69. The molecular formula is C15H29NO2. The normalized spacial score (nSPS) is 19.1. The second-order valence-corrected chi connectivity index (χ2v) is 5.97. The molecule has 0 aromatic heterocycles. The fraction of sp³-hybridized carbons (Fsp3) is 0.933. The van der Waals surface area contributed by atoms with Crippen LogP contribution in [-0.4, -0.2) is 35.6 Å². The zero-order valence-electron chi connectivity index (χ0n) is 12.0. The lowest BCUT2D eigenvalue weighted by Gasteiger charge is -2.28. The van der Waals surface area contributed by atoms with Crippen LogP contribution in [0.1, 0.15) is 58.8 Å². The Bertz CT molecular complexity index is 237. The van der Waals surface area contributed by atoms with Crippen LogP contribution >= 0.6 is 0 Å². The maximum absolute atomic E-state index is 10.8. The number of nitrogens with zero attached hydrogens (tertiary/aromatic N) is 1. The zero-order chi connectivity index (χ0) is 13.4. The topological polar surface area (TPSA) is 40.5 Å². The van der Waals surface area contributed by atoms with Gasteiger partial charge in [-0.15, -0.1) is 0 Å². The van der Waals surface area contributed by atoms with Crippen molar-refractivity contribution in [2.45, 2.75) is 58.8 Å². The number of hydrogen-bond acceptors (Lipinski definition) is 2. The molecule has 0 spiro atoms. The second kappa shape index (κ2) is 8.52. The van der Waals surface area contributed by atoms with Gasteiger partial charge in [-0.2, -0.15) is 0 Å². The Labute approximate surface area is 112 Å². The van der Waals surface area contributed by atoms with Crippen molar-refractivity contribution in [3.05, 3.63) is 0 Å². The number of aliphatic carboxylic acids is 1. The molecule has 1 saturated carbocycles. The lowest BCUT2D eigenvalue weighted by atomic mass is 9.83. The van der Waals surface area contributed by atoms with Gasteiger partial charge < -0.3 is 5.11 Å². The van der Waals surface area contributed by atoms with Crippen molar-refractivity contribution in [2.75, 3.05) is 19.6 Å². The van der Waals surface area contributed by atoms with Gasteiger partial charge in [0.05, 0.1) is 6.54 Å². The molecule has 106 valence electrons. The Kier molecular flexibility index (Phi) is 7.33. The highest BCUT2D eigenvalue weighted by Gasteiger charge is 2.19. The third kappa shape index (κ3) is 6.39. The molecule has 1 N–H and O–H groups in total. The van der Waals surface area contributed by atoms with E-state index in [0.29, 0.717) is 5.92 Å². The van der Waals surface area contributed by atoms with Crippen molar-refractivity contribution in [2.24, 2.45) is 11.8 Å². The molecule has 0 amide bonds. The molecule has 0 aromatic carbocycles. The maximum Gasteiger partial charge on any atom is 0.317 e. The van der Waals surface area contributed by atoms with Crippen LogP contribution in [0.4, 0.5) is 0 Å². The summed E-state index contributed by atoms with van der Waals surface area (Å²) >= 11 is 0. The van der Waals surface area contributed by atoms with E-state index >= 15 is 0 Å². The standard InChI is InChI=1S/C15H29NO2/c1-3-9-16(12-15(17)18)11-13(2)10-14-7-5-4-6-8-14/h13-14H,3-12H2,1-2H3,(H,17,18). The SMILES string of the molecule is CCCN(CC(=O)O)CC(C)CC1CCCCC1. The van der Waals surface area contributed by atoms with Gasteiger partial charge in [-0.3, -0.25) is 9.69 Å². The van der Waals surface area contributed by atoms with Gasteiger partial charge in [0, 0.05) is 6.54 Å². The Balaban J connectivity index is 2.29. The molecule has 0 heterocycles. The van der Waals surface area contributed by atoms with Gasteiger partial charge in [0.2, 0.25) is 0 Å². The van der Waals surface area contributed by atoms with Gasteiger partial charge in [-0.25, -0.2) is 0 Å². The van der Waals surface area contributed by atoms with Gasteiger partial charge in [-0.1, -0.05) is 46.0 Å². The van der Waals surface area contributed by atoms with Crippen molar-refractivity contribution in [1.82, 2.24) is 4.90 Å². The number of carboxylic acid groups (broad SMARTS) is 1. The molecule has 3 nitrogen and oxygen atoms in total. The van der Waals surface area contributed by atoms with Gasteiger partial charge in [-0.05, 0) is 31.2 Å². The van der Waals surface area contributed by atoms with Crippen LogP contribution in [0.15, 0.2) is 0 Å². The summed E-state index contributed by atoms with van der Waals surface area (Å²) in [4.78, 5) is 12.9. The summed E-state index contributed by atoms with van der Waals surface area (Å²) in [5, 5.41) is 8.90. The van der Waals surface area contributed by atoms with Crippen molar-refractivity contribution in [1.29, 1.82) is 0 Å². The van der Waals surface area contributed by atoms with E-state index in [1.807, 2.05) is 0 Å². The minimum absolute atomic E-state index is 0.197. The molecule has 1 atom stereocenters. The first-order valence-corrected chi connectivity index (χ1v) is 7.56. The third-order valence-electron chi connectivity index (χ3n) is 3.93. The van der Waals surface area contributed by atoms with Crippen molar-refractivity contribution in [3.63, 3.8) is 0 Å². The smallest absolute Gasteiger partial charge is 0.317 e. The fourth-order valence-electron chi connectivity index (χ4n) is 3.25. The van der Waals surface area contributed by atoms with Gasteiger partial charge in [0.25, 0.3) is 0 Å². The van der Waals surface area contributed by atoms with Crippen LogP contribution < -0.4 is 0 Å². The molecule has 0 aromatic rings. The van der Waals surface area contributed by atoms with E-state index in [0.717, 1.165) is 25.4 Å². The quantitative estimate of drug-likeness (QED) is 0.722. The minimum Gasteiger partial charge on any atom is -0.480 e. The number of hydrogen-bond donors (Lipinski definition) is 1. The minimum atomic E-state index is -0.701. The average molecular weight is 255 g/mol. The highest BCUT2D eigenvalue weighted by Crippen LogP contribution is 2.29. The molecule has 0 saturated heterocycles. The zero-order valence-corrected chi connectivity index (χ0v) is 12.0. The first kappa shape index (κ1) is 15.5. The molecule has 1 unspecified atom stereocenters. The van der Waals surface area contributed by atoms with Crippen LogP contribution in [0, 0.1) is 11.8 Å². The second-order valence-electron chi connectivity index (χ2n) is 5.97. The van der Waals surface area contributed by atoms with Gasteiger partial charge in [0.15, 0.2) is 0 Å². The average Bonchev–Trinajstić information content (AvgIpc) is 2.29. The predicted molar refractivity (Wildman–Crippen MR) is 74.7 cm³/mol. The molecule has 1 rings (SSSR count). The van der Waals surface area contributed by atoms with E-state index in [1.165, 1.54) is 38.5 Å². The fourth-order valence-corrected chi connectivity index (χ4v) is 3.25. The van der Waals surface area contributed by atoms with E-state index in [2.05, 4.69) is 18.7 Å². The molecule has 1 aliphatic carbocycles. The van der Waals surface area contributed by atoms with Crippen LogP contribution in [0.25, 0.3) is 0 Å². The molecular weight excluding hydrogens is 226 g/mol. The summed E-state index contributed by atoms with van der Waals surface area (Å²) in [6.45, 7) is 6.43. The number of carbonyl (C=O) groups is 1. The lowest BCUT2D eigenvalue weighted by Crippen LogP contribution is -2.34. The lowest BCUT2D eigenvalue weighted by molar-refractivity contribution is -0.138.